The van der Waals surface area contributed by atoms with Gasteiger partial charge in [-0.1, -0.05) is 6.07 Å². The first kappa shape index (κ1) is 14.9. The van der Waals surface area contributed by atoms with Crippen LogP contribution in [-0.2, 0) is 14.3 Å². The fourth-order valence-electron chi connectivity index (χ4n) is 2.89. The number of ether oxygens (including phenoxy) is 1. The number of nitrogens with zero attached hydrogens (tertiary/aromatic N) is 1. The van der Waals surface area contributed by atoms with E-state index >= 15 is 0 Å². The third kappa shape index (κ3) is 2.68. The summed E-state index contributed by atoms with van der Waals surface area (Å²) >= 11 is 0. The number of morpholine rings is 1. The zero-order valence-electron chi connectivity index (χ0n) is 11.7. The number of amides is 1. The van der Waals surface area contributed by atoms with Gasteiger partial charge in [0, 0.05) is 23.9 Å². The minimum absolute atomic E-state index is 0.0306. The van der Waals surface area contributed by atoms with Crippen molar-refractivity contribution in [1.82, 2.24) is 4.90 Å². The minimum Gasteiger partial charge on any atom is -0.479 e. The van der Waals surface area contributed by atoms with Gasteiger partial charge in [-0.25, -0.2) is 13.6 Å². The number of carbonyl (C=O) groups excluding carboxylic acids is 1. The fourth-order valence-corrected chi connectivity index (χ4v) is 2.89. The second kappa shape index (κ2) is 5.64. The smallest absolute Gasteiger partial charge is 0.334 e. The Labute approximate surface area is 125 Å². The number of hydrogen-bond donors (Lipinski definition) is 1. The third-order valence-corrected chi connectivity index (χ3v) is 4.13. The summed E-state index contributed by atoms with van der Waals surface area (Å²) in [6.45, 7) is 0.414. The Morgan fingerprint density at radius 1 is 1.27 bits per heavy atom. The molecule has 1 aromatic rings. The molecule has 0 spiro atoms. The molecule has 1 aromatic carbocycles. The molecule has 1 amide bonds. The van der Waals surface area contributed by atoms with Gasteiger partial charge >= 0.3 is 5.97 Å². The van der Waals surface area contributed by atoms with E-state index in [1.165, 1.54) is 23.1 Å². The number of carboxylic acid groups (broad SMARTS) is 1. The van der Waals surface area contributed by atoms with E-state index in [1.54, 1.807) is 0 Å². The molecule has 5 nitrogen and oxygen atoms in total. The van der Waals surface area contributed by atoms with E-state index in [2.05, 4.69) is 0 Å². The zero-order valence-corrected chi connectivity index (χ0v) is 11.7. The van der Waals surface area contributed by atoms with Crippen LogP contribution in [0.1, 0.15) is 17.9 Å². The van der Waals surface area contributed by atoms with Crippen LogP contribution in [-0.4, -0.2) is 47.7 Å². The average molecular weight is 311 g/mol. The second-order valence-electron chi connectivity index (χ2n) is 5.57. The van der Waals surface area contributed by atoms with Gasteiger partial charge in [-0.15, -0.1) is 0 Å². The van der Waals surface area contributed by atoms with Gasteiger partial charge < -0.3 is 14.7 Å². The Kier molecular flexibility index (Phi) is 3.82. The lowest BCUT2D eigenvalue weighted by Crippen LogP contribution is -2.49. The van der Waals surface area contributed by atoms with Gasteiger partial charge in [-0.3, -0.25) is 4.79 Å². The van der Waals surface area contributed by atoms with Crippen molar-refractivity contribution in [2.75, 3.05) is 19.7 Å². The summed E-state index contributed by atoms with van der Waals surface area (Å²) in [5.74, 6) is -3.64. The Hall–Kier alpha value is -2.02. The maximum Gasteiger partial charge on any atom is 0.334 e. The van der Waals surface area contributed by atoms with Gasteiger partial charge in [0.25, 0.3) is 0 Å². The van der Waals surface area contributed by atoms with Gasteiger partial charge in [0.15, 0.2) is 6.10 Å². The Bertz CT molecular complexity index is 601. The number of carboxylic acids is 1. The highest BCUT2D eigenvalue weighted by molar-refractivity contribution is 5.84. The van der Waals surface area contributed by atoms with Crippen LogP contribution >= 0.6 is 0 Å². The first-order valence-electron chi connectivity index (χ1n) is 7.06. The van der Waals surface area contributed by atoms with Crippen LogP contribution in [0.5, 0.6) is 0 Å². The summed E-state index contributed by atoms with van der Waals surface area (Å²) in [4.78, 5) is 24.7. The molecule has 0 unspecified atom stereocenters. The van der Waals surface area contributed by atoms with E-state index < -0.39 is 35.5 Å². The maximum atomic E-state index is 13.7. The van der Waals surface area contributed by atoms with Crippen LogP contribution in [0.25, 0.3) is 0 Å². The standard InChI is InChI=1S/C15H15F2NO4/c16-10-2-1-3-11(17)13(10)8-6-9(8)14(19)18-4-5-22-12(7-18)15(20)21/h1-3,8-9,12H,4-7H2,(H,20,21)/t8-,9+,12+/m1/s1. The Morgan fingerprint density at radius 3 is 2.59 bits per heavy atom. The van der Waals surface area contributed by atoms with E-state index in [9.17, 15) is 18.4 Å². The molecule has 3 atom stereocenters. The van der Waals surface area contributed by atoms with Crippen LogP contribution in [0.2, 0.25) is 0 Å². The average Bonchev–Trinajstić information content (AvgIpc) is 3.26. The van der Waals surface area contributed by atoms with E-state index in [4.69, 9.17) is 9.84 Å². The summed E-state index contributed by atoms with van der Waals surface area (Å²) in [5, 5.41) is 8.93. The minimum atomic E-state index is -1.12. The lowest BCUT2D eigenvalue weighted by Gasteiger charge is -2.31. The second-order valence-corrected chi connectivity index (χ2v) is 5.57. The predicted octanol–water partition coefficient (Wildman–Crippen LogP) is 1.38. The molecule has 1 saturated carbocycles. The molecule has 2 fully saturated rings. The number of hydrogen-bond acceptors (Lipinski definition) is 3. The number of halogens is 2. The third-order valence-electron chi connectivity index (χ3n) is 4.13. The van der Waals surface area contributed by atoms with Gasteiger partial charge in [0.1, 0.15) is 11.6 Å². The summed E-state index contributed by atoms with van der Waals surface area (Å²) in [6.07, 6.45) is -0.661. The Balaban J connectivity index is 1.69. The molecule has 2 aliphatic rings. The quantitative estimate of drug-likeness (QED) is 0.916. The van der Waals surface area contributed by atoms with Crippen molar-refractivity contribution >= 4 is 11.9 Å². The van der Waals surface area contributed by atoms with E-state index in [0.717, 1.165) is 0 Å². The fraction of sp³-hybridized carbons (Fsp3) is 0.467. The van der Waals surface area contributed by atoms with Crippen molar-refractivity contribution < 1.29 is 28.2 Å². The van der Waals surface area contributed by atoms with Crippen molar-refractivity contribution in [2.45, 2.75) is 18.4 Å². The number of rotatable bonds is 3. The summed E-state index contributed by atoms with van der Waals surface area (Å²) in [5.41, 5.74) is -0.0519. The molecule has 7 heteroatoms. The molecule has 1 N–H and O–H groups in total. The van der Waals surface area contributed by atoms with Crippen molar-refractivity contribution in [3.63, 3.8) is 0 Å². The van der Waals surface area contributed by atoms with Gasteiger partial charge in [-0.2, -0.15) is 0 Å². The van der Waals surface area contributed by atoms with Crippen LogP contribution < -0.4 is 0 Å². The van der Waals surface area contributed by atoms with Crippen LogP contribution in [0.3, 0.4) is 0 Å². The highest BCUT2D eigenvalue weighted by Gasteiger charge is 2.49. The molecule has 1 heterocycles. The predicted molar refractivity (Wildman–Crippen MR) is 71.2 cm³/mol. The molecule has 22 heavy (non-hydrogen) atoms. The zero-order chi connectivity index (χ0) is 15.9. The maximum absolute atomic E-state index is 13.7. The molecular formula is C15H15F2NO4. The molecule has 0 bridgehead atoms. The highest BCUT2D eigenvalue weighted by atomic mass is 19.1. The van der Waals surface area contributed by atoms with Crippen LogP contribution in [0.4, 0.5) is 8.78 Å². The largest absolute Gasteiger partial charge is 0.479 e. The monoisotopic (exact) mass is 311 g/mol. The molecule has 0 radical (unpaired) electrons. The lowest BCUT2D eigenvalue weighted by molar-refractivity contribution is -0.159. The van der Waals surface area contributed by atoms with E-state index in [-0.39, 0.29) is 24.6 Å². The lowest BCUT2D eigenvalue weighted by atomic mass is 10.1. The molecule has 1 saturated heterocycles. The van der Waals surface area contributed by atoms with E-state index in [1.807, 2.05) is 0 Å². The SMILES string of the molecule is O=C(O)[C@@H]1CN(C(=O)[C@H]2C[C@H]2c2c(F)cccc2F)CCO1. The normalized spacial score (nSPS) is 27.5. The number of aliphatic carboxylic acids is 1. The summed E-state index contributed by atoms with van der Waals surface area (Å²) < 4.78 is 32.5. The van der Waals surface area contributed by atoms with Gasteiger partial charge in [0.2, 0.25) is 5.91 Å². The van der Waals surface area contributed by atoms with Crippen molar-refractivity contribution in [3.8, 4) is 0 Å². The molecule has 0 aromatic heterocycles. The summed E-state index contributed by atoms with van der Waals surface area (Å²) in [6, 6.07) is 3.63. The van der Waals surface area contributed by atoms with Gasteiger partial charge in [0.05, 0.1) is 13.2 Å². The van der Waals surface area contributed by atoms with Crippen molar-refractivity contribution in [2.24, 2.45) is 5.92 Å². The Morgan fingerprint density at radius 2 is 1.95 bits per heavy atom. The topological polar surface area (TPSA) is 66.8 Å². The first-order valence-corrected chi connectivity index (χ1v) is 7.06. The number of benzene rings is 1. The van der Waals surface area contributed by atoms with E-state index in [0.29, 0.717) is 13.0 Å². The first-order chi connectivity index (χ1) is 10.5. The number of carbonyl (C=O) groups is 2. The van der Waals surface area contributed by atoms with Crippen molar-refractivity contribution in [1.29, 1.82) is 0 Å². The van der Waals surface area contributed by atoms with Crippen LogP contribution in [0.15, 0.2) is 18.2 Å². The molecule has 3 rings (SSSR count). The molecule has 1 aliphatic heterocycles. The molecular weight excluding hydrogens is 296 g/mol. The van der Waals surface area contributed by atoms with Gasteiger partial charge in [-0.05, 0) is 18.6 Å². The van der Waals surface area contributed by atoms with Crippen LogP contribution in [0, 0.1) is 17.6 Å². The van der Waals surface area contributed by atoms with Crippen molar-refractivity contribution in [3.05, 3.63) is 35.4 Å². The molecule has 1 aliphatic carbocycles. The highest BCUT2D eigenvalue weighted by Crippen LogP contribution is 2.50. The summed E-state index contributed by atoms with van der Waals surface area (Å²) in [7, 11) is 0. The molecule has 118 valence electrons.